The van der Waals surface area contributed by atoms with E-state index in [0.717, 1.165) is 12.2 Å². The summed E-state index contributed by atoms with van der Waals surface area (Å²) in [6.07, 6.45) is 2.78. The average Bonchev–Trinajstić information content (AvgIpc) is 2.04. The predicted octanol–water partition coefficient (Wildman–Crippen LogP) is 0.815. The van der Waals surface area contributed by atoms with E-state index in [1.54, 1.807) is 0 Å². The number of morpholine rings is 1. The van der Waals surface area contributed by atoms with Crippen molar-refractivity contribution in [2.24, 2.45) is 0 Å². The number of carbonyl (C=O) groups is 1. The van der Waals surface area contributed by atoms with Crippen molar-refractivity contribution in [2.45, 2.75) is 26.3 Å². The molecule has 1 aliphatic rings. The summed E-state index contributed by atoms with van der Waals surface area (Å²) in [7, 11) is 0. The van der Waals surface area contributed by atoms with Crippen LogP contribution in [-0.2, 0) is 9.53 Å². The Labute approximate surface area is 66.4 Å². The Balaban J connectivity index is 2.62. The number of hydrogen-bond acceptors (Lipinski definition) is 2. The third-order valence-corrected chi connectivity index (χ3v) is 1.74. The van der Waals surface area contributed by atoms with Crippen molar-refractivity contribution in [1.82, 2.24) is 5.32 Å². The van der Waals surface area contributed by atoms with Crippen molar-refractivity contribution < 1.29 is 9.53 Å². The average molecular weight is 155 g/mol. The summed E-state index contributed by atoms with van der Waals surface area (Å²) in [4.78, 5) is 10.8. The molecule has 0 radical (unpaired) electrons. The second-order valence-electron chi connectivity index (χ2n) is 2.51. The van der Waals surface area contributed by atoms with E-state index in [4.69, 9.17) is 4.74 Å². The Bertz CT molecular complexity index is 187. The molecule has 62 valence electrons. The zero-order valence-corrected chi connectivity index (χ0v) is 6.89. The maximum absolute atomic E-state index is 10.8. The molecular weight excluding hydrogens is 142 g/mol. The summed E-state index contributed by atoms with van der Waals surface area (Å²) in [6.45, 7) is 4.09. The van der Waals surface area contributed by atoms with E-state index in [1.807, 2.05) is 19.9 Å². The molecule has 1 unspecified atom stereocenters. The summed E-state index contributed by atoms with van der Waals surface area (Å²) in [6, 6.07) is 0.0845. The molecule has 1 amide bonds. The van der Waals surface area contributed by atoms with Crippen molar-refractivity contribution in [1.29, 1.82) is 0 Å². The van der Waals surface area contributed by atoms with E-state index < -0.39 is 0 Å². The normalized spacial score (nSPS) is 28.0. The van der Waals surface area contributed by atoms with Gasteiger partial charge in [0, 0.05) is 0 Å². The van der Waals surface area contributed by atoms with Gasteiger partial charge in [-0.1, -0.05) is 6.92 Å². The van der Waals surface area contributed by atoms with Gasteiger partial charge in [0.1, 0.15) is 5.76 Å². The third kappa shape index (κ3) is 1.73. The topological polar surface area (TPSA) is 38.3 Å². The molecule has 0 aromatic carbocycles. The Morgan fingerprint density at radius 3 is 3.09 bits per heavy atom. The number of carbonyl (C=O) groups excluding carboxylic acids is 1. The van der Waals surface area contributed by atoms with Gasteiger partial charge in [0.25, 0.3) is 5.91 Å². The second-order valence-corrected chi connectivity index (χ2v) is 2.51. The lowest BCUT2D eigenvalue weighted by molar-refractivity contribution is -0.128. The molecular formula is C8H13NO2. The van der Waals surface area contributed by atoms with Crippen LogP contribution in [0.25, 0.3) is 0 Å². The van der Waals surface area contributed by atoms with Crippen LogP contribution >= 0.6 is 0 Å². The highest BCUT2D eigenvalue weighted by atomic mass is 16.5. The maximum Gasteiger partial charge on any atom is 0.258 e. The molecule has 1 N–H and O–H groups in total. The lowest BCUT2D eigenvalue weighted by Gasteiger charge is -2.25. The first kappa shape index (κ1) is 8.11. The van der Waals surface area contributed by atoms with Crippen LogP contribution in [0.4, 0.5) is 0 Å². The van der Waals surface area contributed by atoms with Crippen LogP contribution in [0.2, 0.25) is 0 Å². The van der Waals surface area contributed by atoms with Gasteiger partial charge in [0.15, 0.2) is 6.61 Å². The molecule has 0 bridgehead atoms. The number of allylic oxidation sites excluding steroid dienone is 1. The number of ether oxygens (including phenoxy) is 1. The molecule has 1 saturated heterocycles. The van der Waals surface area contributed by atoms with Crippen LogP contribution in [-0.4, -0.2) is 18.6 Å². The highest BCUT2D eigenvalue weighted by Crippen LogP contribution is 2.11. The first-order valence-electron chi connectivity index (χ1n) is 3.86. The molecule has 1 atom stereocenters. The Hall–Kier alpha value is -0.990. The largest absolute Gasteiger partial charge is 0.486 e. The van der Waals surface area contributed by atoms with Crippen LogP contribution in [0.3, 0.4) is 0 Å². The fraction of sp³-hybridized carbons (Fsp3) is 0.625. The third-order valence-electron chi connectivity index (χ3n) is 1.74. The van der Waals surface area contributed by atoms with Gasteiger partial charge in [-0.3, -0.25) is 4.79 Å². The number of nitrogens with one attached hydrogen (secondary N) is 1. The van der Waals surface area contributed by atoms with E-state index >= 15 is 0 Å². The summed E-state index contributed by atoms with van der Waals surface area (Å²) in [5.74, 6) is 0.856. The molecule has 0 aromatic heterocycles. The lowest BCUT2D eigenvalue weighted by Crippen LogP contribution is -2.43. The molecule has 1 fully saturated rings. The molecule has 0 aliphatic carbocycles. The molecule has 3 heteroatoms. The van der Waals surface area contributed by atoms with Crippen molar-refractivity contribution >= 4 is 5.91 Å². The van der Waals surface area contributed by atoms with Crippen LogP contribution in [0, 0.1) is 0 Å². The highest BCUT2D eigenvalue weighted by molar-refractivity contribution is 5.78. The lowest BCUT2D eigenvalue weighted by atomic mass is 10.1. The van der Waals surface area contributed by atoms with Gasteiger partial charge in [0.05, 0.1) is 6.04 Å². The van der Waals surface area contributed by atoms with E-state index in [1.165, 1.54) is 0 Å². The minimum atomic E-state index is -0.0255. The zero-order valence-electron chi connectivity index (χ0n) is 6.89. The fourth-order valence-electron chi connectivity index (χ4n) is 1.14. The Kier molecular flexibility index (Phi) is 2.52. The summed E-state index contributed by atoms with van der Waals surface area (Å²) < 4.78 is 5.19. The standard InChI is InChI=1S/C8H13NO2/c1-3-6-7(4-2)11-5-8(10)9-6/h4,6H,3,5H2,1-2H3,(H,9,10)/b7-4+. The molecule has 11 heavy (non-hydrogen) atoms. The Morgan fingerprint density at radius 2 is 2.55 bits per heavy atom. The highest BCUT2D eigenvalue weighted by Gasteiger charge is 2.21. The van der Waals surface area contributed by atoms with Gasteiger partial charge in [-0.25, -0.2) is 0 Å². The smallest absolute Gasteiger partial charge is 0.258 e. The minimum Gasteiger partial charge on any atom is -0.486 e. The fourth-order valence-corrected chi connectivity index (χ4v) is 1.14. The van der Waals surface area contributed by atoms with Gasteiger partial charge in [0.2, 0.25) is 0 Å². The van der Waals surface area contributed by atoms with Crippen molar-refractivity contribution in [3.05, 3.63) is 11.8 Å². The molecule has 1 rings (SSSR count). The van der Waals surface area contributed by atoms with Gasteiger partial charge >= 0.3 is 0 Å². The predicted molar refractivity (Wildman–Crippen MR) is 41.9 cm³/mol. The minimum absolute atomic E-state index is 0.0255. The van der Waals surface area contributed by atoms with Crippen molar-refractivity contribution in [3.8, 4) is 0 Å². The van der Waals surface area contributed by atoms with E-state index in [2.05, 4.69) is 5.32 Å². The SMILES string of the molecule is C/C=C1/OCC(=O)NC1CC. The molecule has 0 aromatic rings. The van der Waals surface area contributed by atoms with Crippen LogP contribution < -0.4 is 5.32 Å². The second kappa shape index (κ2) is 3.42. The molecule has 0 saturated carbocycles. The molecule has 1 aliphatic heterocycles. The number of hydrogen-bond donors (Lipinski definition) is 1. The van der Waals surface area contributed by atoms with Crippen molar-refractivity contribution in [3.63, 3.8) is 0 Å². The van der Waals surface area contributed by atoms with Gasteiger partial charge < -0.3 is 10.1 Å². The molecule has 0 spiro atoms. The Morgan fingerprint density at radius 1 is 1.82 bits per heavy atom. The summed E-state index contributed by atoms with van der Waals surface area (Å²) in [5.41, 5.74) is 0. The van der Waals surface area contributed by atoms with Crippen LogP contribution in [0.5, 0.6) is 0 Å². The van der Waals surface area contributed by atoms with Crippen LogP contribution in [0.15, 0.2) is 11.8 Å². The zero-order chi connectivity index (χ0) is 8.27. The quantitative estimate of drug-likeness (QED) is 0.608. The van der Waals surface area contributed by atoms with Gasteiger partial charge in [-0.05, 0) is 19.4 Å². The van der Waals surface area contributed by atoms with Gasteiger partial charge in [-0.15, -0.1) is 0 Å². The number of amides is 1. The van der Waals surface area contributed by atoms with E-state index in [9.17, 15) is 4.79 Å². The summed E-state index contributed by atoms with van der Waals surface area (Å²) in [5, 5.41) is 2.83. The van der Waals surface area contributed by atoms with E-state index in [0.29, 0.717) is 0 Å². The molecule has 3 nitrogen and oxygen atoms in total. The van der Waals surface area contributed by atoms with Crippen LogP contribution in [0.1, 0.15) is 20.3 Å². The van der Waals surface area contributed by atoms with Gasteiger partial charge in [-0.2, -0.15) is 0 Å². The maximum atomic E-state index is 10.8. The number of rotatable bonds is 1. The van der Waals surface area contributed by atoms with Crippen molar-refractivity contribution in [2.75, 3.05) is 6.61 Å². The summed E-state index contributed by atoms with van der Waals surface area (Å²) >= 11 is 0. The molecule has 1 heterocycles. The van der Waals surface area contributed by atoms with E-state index in [-0.39, 0.29) is 18.6 Å². The first-order chi connectivity index (χ1) is 5.27. The first-order valence-corrected chi connectivity index (χ1v) is 3.86. The monoisotopic (exact) mass is 155 g/mol.